The monoisotopic (exact) mass is 350 g/mol. The van der Waals surface area contributed by atoms with Crippen molar-refractivity contribution in [3.63, 3.8) is 0 Å². The highest BCUT2D eigenvalue weighted by Crippen LogP contribution is 2.38. The molecule has 1 saturated carbocycles. The fourth-order valence-corrected chi connectivity index (χ4v) is 4.11. The maximum Gasteiger partial charge on any atom is 0.260 e. The first-order valence-corrected chi connectivity index (χ1v) is 9.12. The minimum Gasteiger partial charge on any atom is -0.372 e. The number of alkyl halides is 1. The summed E-state index contributed by atoms with van der Waals surface area (Å²) in [6.07, 6.45) is 2.37. The minimum atomic E-state index is -1.61. The maximum absolute atomic E-state index is 14.4. The molecule has 25 heavy (non-hydrogen) atoms. The zero-order chi connectivity index (χ0) is 17.4. The Bertz CT molecular complexity index is 650. The smallest absolute Gasteiger partial charge is 0.260 e. The van der Waals surface area contributed by atoms with E-state index in [0.29, 0.717) is 31.5 Å². The number of fused-ring (bicyclic) bond motifs is 1. The molecule has 3 aliphatic rings. The number of halogens is 2. The Balaban J connectivity index is 1.31. The molecule has 4 rings (SSSR count). The van der Waals surface area contributed by atoms with Crippen LogP contribution in [-0.4, -0.2) is 59.7 Å². The van der Waals surface area contributed by atoms with E-state index in [4.69, 9.17) is 4.74 Å². The Hall–Kier alpha value is -1.53. The predicted molar refractivity (Wildman–Crippen MR) is 89.2 cm³/mol. The quantitative estimate of drug-likeness (QED) is 0.837. The first kappa shape index (κ1) is 16.9. The van der Waals surface area contributed by atoms with Gasteiger partial charge >= 0.3 is 0 Å². The maximum atomic E-state index is 14.4. The van der Waals surface area contributed by atoms with E-state index in [-0.39, 0.29) is 30.5 Å². The number of rotatable bonds is 4. The summed E-state index contributed by atoms with van der Waals surface area (Å²) in [5.41, 5.74) is -1.05. The molecular weight excluding hydrogens is 326 g/mol. The largest absolute Gasteiger partial charge is 0.372 e. The van der Waals surface area contributed by atoms with Crippen LogP contribution in [0.1, 0.15) is 31.2 Å². The summed E-state index contributed by atoms with van der Waals surface area (Å²) in [7, 11) is 0. The molecule has 1 aliphatic carbocycles. The Morgan fingerprint density at radius 2 is 2.04 bits per heavy atom. The fraction of sp³-hybridized carbons (Fsp3) is 0.632. The van der Waals surface area contributed by atoms with E-state index in [1.165, 1.54) is 6.07 Å². The average molecular weight is 350 g/mol. The molecule has 0 aromatic heterocycles. The lowest BCUT2D eigenvalue weighted by atomic mass is 9.80. The Labute approximate surface area is 146 Å². The summed E-state index contributed by atoms with van der Waals surface area (Å²) in [5.74, 6) is -0.571. The van der Waals surface area contributed by atoms with Gasteiger partial charge in [-0.3, -0.25) is 9.69 Å². The molecule has 2 aliphatic heterocycles. The Kier molecular flexibility index (Phi) is 4.50. The normalized spacial score (nSPS) is 28.5. The molecule has 2 atom stereocenters. The first-order chi connectivity index (χ1) is 12.0. The highest BCUT2D eigenvalue weighted by Gasteiger charge is 2.49. The number of piperazine rings is 1. The summed E-state index contributed by atoms with van der Waals surface area (Å²) < 4.78 is 34.0. The van der Waals surface area contributed by atoms with Gasteiger partial charge in [0.2, 0.25) is 0 Å². The van der Waals surface area contributed by atoms with Gasteiger partial charge in [-0.1, -0.05) is 18.2 Å². The van der Waals surface area contributed by atoms with Gasteiger partial charge in [-0.25, -0.2) is 8.78 Å². The molecule has 3 fully saturated rings. The molecule has 2 heterocycles. The van der Waals surface area contributed by atoms with E-state index < -0.39 is 5.67 Å². The molecule has 1 amide bonds. The summed E-state index contributed by atoms with van der Waals surface area (Å²) in [6, 6.07) is 6.85. The summed E-state index contributed by atoms with van der Waals surface area (Å²) in [6.45, 7) is 2.97. The van der Waals surface area contributed by atoms with Crippen LogP contribution in [0.2, 0.25) is 0 Å². The van der Waals surface area contributed by atoms with Gasteiger partial charge in [0.1, 0.15) is 5.82 Å². The van der Waals surface area contributed by atoms with E-state index in [0.717, 1.165) is 25.9 Å². The second kappa shape index (κ2) is 6.65. The van der Waals surface area contributed by atoms with E-state index in [1.54, 1.807) is 23.1 Å². The van der Waals surface area contributed by atoms with Crippen molar-refractivity contribution in [3.05, 3.63) is 35.6 Å². The van der Waals surface area contributed by atoms with Gasteiger partial charge < -0.3 is 9.64 Å². The van der Waals surface area contributed by atoms with Gasteiger partial charge in [0.15, 0.2) is 5.67 Å². The van der Waals surface area contributed by atoms with Crippen LogP contribution in [0, 0.1) is 5.82 Å². The third-order valence-electron chi connectivity index (χ3n) is 5.83. The molecule has 0 bridgehead atoms. The van der Waals surface area contributed by atoms with Gasteiger partial charge in [-0.15, -0.1) is 0 Å². The van der Waals surface area contributed by atoms with Crippen molar-refractivity contribution >= 4 is 5.91 Å². The number of nitrogens with zero attached hydrogens (tertiary/aromatic N) is 2. The lowest BCUT2D eigenvalue weighted by molar-refractivity contribution is -0.152. The van der Waals surface area contributed by atoms with Crippen molar-refractivity contribution in [2.45, 2.75) is 50.1 Å². The number of carbonyl (C=O) groups excluding carboxylic acids is 1. The van der Waals surface area contributed by atoms with Gasteiger partial charge in [0.05, 0.1) is 12.7 Å². The van der Waals surface area contributed by atoms with Crippen LogP contribution in [0.3, 0.4) is 0 Å². The molecule has 0 radical (unpaired) electrons. The fourth-order valence-electron chi connectivity index (χ4n) is 4.11. The van der Waals surface area contributed by atoms with Crippen molar-refractivity contribution in [1.82, 2.24) is 9.80 Å². The van der Waals surface area contributed by atoms with Crippen LogP contribution >= 0.6 is 0 Å². The molecule has 6 heteroatoms. The molecule has 0 unspecified atom stereocenters. The van der Waals surface area contributed by atoms with E-state index in [2.05, 4.69) is 4.90 Å². The molecular formula is C19H24F2N2O2. The lowest BCUT2D eigenvalue weighted by Crippen LogP contribution is -2.58. The highest BCUT2D eigenvalue weighted by atomic mass is 19.1. The zero-order valence-corrected chi connectivity index (χ0v) is 14.3. The molecule has 136 valence electrons. The SMILES string of the molecule is O=C(N1CCN2C[C@@H](OCc3ccccc3F)C[C@H]2C1)C1(F)CCC1. The first-order valence-electron chi connectivity index (χ1n) is 9.12. The number of benzene rings is 1. The third-order valence-corrected chi connectivity index (χ3v) is 5.83. The molecule has 1 aromatic carbocycles. The van der Waals surface area contributed by atoms with Crippen molar-refractivity contribution in [3.8, 4) is 0 Å². The van der Waals surface area contributed by atoms with Crippen molar-refractivity contribution in [1.29, 1.82) is 0 Å². The number of amides is 1. The highest BCUT2D eigenvalue weighted by molar-refractivity contribution is 5.86. The van der Waals surface area contributed by atoms with Crippen LogP contribution in [0.4, 0.5) is 8.78 Å². The van der Waals surface area contributed by atoms with E-state index >= 15 is 0 Å². The van der Waals surface area contributed by atoms with Crippen molar-refractivity contribution in [2.75, 3.05) is 26.2 Å². The van der Waals surface area contributed by atoms with E-state index in [1.807, 2.05) is 0 Å². The summed E-state index contributed by atoms with van der Waals surface area (Å²) in [4.78, 5) is 16.4. The van der Waals surface area contributed by atoms with Crippen molar-refractivity contribution < 1.29 is 18.3 Å². The zero-order valence-electron chi connectivity index (χ0n) is 14.3. The summed E-state index contributed by atoms with van der Waals surface area (Å²) in [5, 5.41) is 0. The standard InChI is InChI=1S/C19H24F2N2O2/c20-17-5-2-1-4-14(17)13-25-16-10-15-11-23(9-8-22(15)12-16)18(24)19(21)6-3-7-19/h1-2,4-5,15-16H,3,6-13H2/t15-,16-/m0/s1. The van der Waals surface area contributed by atoms with Crippen LogP contribution in [0.25, 0.3) is 0 Å². The third kappa shape index (κ3) is 3.29. The second-order valence-corrected chi connectivity index (χ2v) is 7.48. The van der Waals surface area contributed by atoms with Crippen LogP contribution < -0.4 is 0 Å². The van der Waals surface area contributed by atoms with Gasteiger partial charge in [0.25, 0.3) is 5.91 Å². The Morgan fingerprint density at radius 1 is 1.24 bits per heavy atom. The van der Waals surface area contributed by atoms with Gasteiger partial charge in [0, 0.05) is 37.8 Å². The minimum absolute atomic E-state index is 0.0303. The van der Waals surface area contributed by atoms with E-state index in [9.17, 15) is 13.6 Å². The molecule has 4 nitrogen and oxygen atoms in total. The Morgan fingerprint density at radius 3 is 2.76 bits per heavy atom. The number of carbonyl (C=O) groups is 1. The number of hydrogen-bond acceptors (Lipinski definition) is 3. The van der Waals surface area contributed by atoms with Crippen LogP contribution in [0.5, 0.6) is 0 Å². The second-order valence-electron chi connectivity index (χ2n) is 7.48. The average Bonchev–Trinajstić information content (AvgIpc) is 3.00. The molecule has 1 aromatic rings. The molecule has 0 spiro atoms. The van der Waals surface area contributed by atoms with Gasteiger partial charge in [-0.2, -0.15) is 0 Å². The molecule has 0 N–H and O–H groups in total. The summed E-state index contributed by atoms with van der Waals surface area (Å²) >= 11 is 0. The number of hydrogen-bond donors (Lipinski definition) is 0. The molecule has 2 saturated heterocycles. The predicted octanol–water partition coefficient (Wildman–Crippen LogP) is 2.52. The van der Waals surface area contributed by atoms with Crippen LogP contribution in [0.15, 0.2) is 24.3 Å². The topological polar surface area (TPSA) is 32.8 Å². The lowest BCUT2D eigenvalue weighted by Gasteiger charge is -2.42. The van der Waals surface area contributed by atoms with Gasteiger partial charge in [-0.05, 0) is 31.7 Å². The van der Waals surface area contributed by atoms with Crippen molar-refractivity contribution in [2.24, 2.45) is 0 Å². The van der Waals surface area contributed by atoms with Crippen LogP contribution in [-0.2, 0) is 16.1 Å². The number of ether oxygens (including phenoxy) is 1.